The number of benzene rings is 3. The molecule has 3 aromatic carbocycles. The summed E-state index contributed by atoms with van der Waals surface area (Å²) in [6.07, 6.45) is -3.90. The fourth-order valence-corrected chi connectivity index (χ4v) is 4.99. The van der Waals surface area contributed by atoms with Gasteiger partial charge in [0.2, 0.25) is 15.9 Å². The Labute approximate surface area is 240 Å². The van der Waals surface area contributed by atoms with Gasteiger partial charge in [0.15, 0.2) is 0 Å². The number of alkyl halides is 3. The minimum Gasteiger partial charge on any atom is -0.475 e. The summed E-state index contributed by atoms with van der Waals surface area (Å²) in [5.41, 5.74) is 9.42. The third-order valence-corrected chi connectivity index (χ3v) is 7.17. The Kier molecular flexibility index (Phi) is 11.3. The Morgan fingerprint density at radius 1 is 1.10 bits per heavy atom. The molecule has 0 aliphatic carbocycles. The van der Waals surface area contributed by atoms with Gasteiger partial charge in [0, 0.05) is 17.8 Å². The maximum Gasteiger partial charge on any atom is 0.490 e. The maximum absolute atomic E-state index is 13.3. The monoisotopic (exact) mass is 603 g/mol. The number of carbonyl (C=O) groups is 2. The Hall–Kier alpha value is -4.74. The molecule has 0 fully saturated rings. The summed E-state index contributed by atoms with van der Waals surface area (Å²) in [5.74, 6) is -3.34. The number of nitrogen functional groups attached to an aromatic ring is 1. The van der Waals surface area contributed by atoms with Crippen molar-refractivity contribution in [3.8, 4) is 17.2 Å². The Bertz CT molecular complexity index is 1590. The van der Waals surface area contributed by atoms with Crippen LogP contribution in [0.4, 0.5) is 18.9 Å². The van der Waals surface area contributed by atoms with E-state index >= 15 is 0 Å². The van der Waals surface area contributed by atoms with Crippen LogP contribution in [0.2, 0.25) is 0 Å². The van der Waals surface area contributed by atoms with Gasteiger partial charge in [-0.05, 0) is 47.4 Å². The van der Waals surface area contributed by atoms with Gasteiger partial charge in [0.25, 0.3) is 0 Å². The van der Waals surface area contributed by atoms with E-state index in [1.807, 2.05) is 12.1 Å². The van der Waals surface area contributed by atoms with E-state index in [-0.39, 0.29) is 18.8 Å². The molecular formula is C28H28F3N5O5S. The number of anilines is 1. The lowest BCUT2D eigenvalue weighted by atomic mass is 10.00. The van der Waals surface area contributed by atoms with Gasteiger partial charge in [0.05, 0.1) is 17.9 Å². The van der Waals surface area contributed by atoms with Crippen molar-refractivity contribution in [3.05, 3.63) is 89.5 Å². The molecule has 14 heteroatoms. The first-order chi connectivity index (χ1) is 19.6. The normalized spacial score (nSPS) is 11.9. The number of likely N-dealkylation sites (N-methyl/N-ethyl adjacent to an activating group) is 1. The number of aliphatic carboxylic acids is 1. The zero-order chi connectivity index (χ0) is 31.7. The van der Waals surface area contributed by atoms with Gasteiger partial charge in [-0.3, -0.25) is 10.2 Å². The molecule has 5 N–H and O–H groups in total. The third-order valence-electron chi connectivity index (χ3n) is 5.81. The largest absolute Gasteiger partial charge is 0.490 e. The predicted molar refractivity (Wildman–Crippen MR) is 151 cm³/mol. The van der Waals surface area contributed by atoms with Crippen molar-refractivity contribution in [2.24, 2.45) is 5.73 Å². The average molecular weight is 604 g/mol. The van der Waals surface area contributed by atoms with Crippen molar-refractivity contribution >= 4 is 33.4 Å². The molecule has 0 radical (unpaired) electrons. The minimum atomic E-state index is -5.08. The quantitative estimate of drug-likeness (QED) is 0.211. The van der Waals surface area contributed by atoms with Gasteiger partial charge in [-0.1, -0.05) is 55.5 Å². The molecule has 0 aromatic heterocycles. The molecule has 0 saturated heterocycles. The van der Waals surface area contributed by atoms with Crippen LogP contribution in [0.1, 0.15) is 23.6 Å². The number of amidine groups is 1. The maximum atomic E-state index is 13.3. The molecule has 0 unspecified atom stereocenters. The molecule has 0 aliphatic heterocycles. The van der Waals surface area contributed by atoms with Crippen LogP contribution in [0.5, 0.6) is 0 Å². The van der Waals surface area contributed by atoms with E-state index in [1.165, 1.54) is 0 Å². The smallest absolute Gasteiger partial charge is 0.475 e. The number of sulfonamides is 1. The first-order valence-corrected chi connectivity index (χ1v) is 14.0. The number of carboxylic acids is 1. The summed E-state index contributed by atoms with van der Waals surface area (Å²) >= 11 is 0. The Morgan fingerprint density at radius 3 is 2.19 bits per heavy atom. The molecule has 3 rings (SSSR count). The summed E-state index contributed by atoms with van der Waals surface area (Å²) < 4.78 is 57.8. The topological polar surface area (TPSA) is 177 Å². The van der Waals surface area contributed by atoms with Crippen LogP contribution in [0.15, 0.2) is 72.8 Å². The van der Waals surface area contributed by atoms with Crippen molar-refractivity contribution in [3.63, 3.8) is 0 Å². The van der Waals surface area contributed by atoms with E-state index in [2.05, 4.69) is 11.4 Å². The molecule has 222 valence electrons. The highest BCUT2D eigenvalue weighted by Gasteiger charge is 2.38. The van der Waals surface area contributed by atoms with Gasteiger partial charge in [-0.2, -0.15) is 22.7 Å². The second-order valence-corrected chi connectivity index (χ2v) is 10.8. The van der Waals surface area contributed by atoms with Crippen molar-refractivity contribution < 1.29 is 36.3 Å². The van der Waals surface area contributed by atoms with Gasteiger partial charge in [0.1, 0.15) is 11.9 Å². The van der Waals surface area contributed by atoms with Crippen LogP contribution in [-0.2, 0) is 26.0 Å². The molecule has 0 aliphatic rings. The Morgan fingerprint density at radius 2 is 1.69 bits per heavy atom. The molecule has 1 amide bonds. The molecule has 0 heterocycles. The number of nitrogens with one attached hydrogen (secondary N) is 2. The van der Waals surface area contributed by atoms with Gasteiger partial charge in [-0.25, -0.2) is 13.2 Å². The van der Waals surface area contributed by atoms with Crippen LogP contribution in [-0.4, -0.2) is 60.6 Å². The van der Waals surface area contributed by atoms with Gasteiger partial charge < -0.3 is 16.2 Å². The number of nitrogens with zero attached hydrogens (tertiary/aromatic N) is 2. The number of nitriles is 1. The van der Waals surface area contributed by atoms with E-state index in [4.69, 9.17) is 21.0 Å². The summed E-state index contributed by atoms with van der Waals surface area (Å²) in [6, 6.07) is 22.3. The molecule has 10 nitrogen and oxygen atoms in total. The zero-order valence-electron chi connectivity index (χ0n) is 22.5. The molecule has 0 bridgehead atoms. The molecule has 42 heavy (non-hydrogen) atoms. The van der Waals surface area contributed by atoms with Crippen molar-refractivity contribution in [1.82, 2.24) is 4.31 Å². The number of nitrogens with two attached hydrogens (primary N) is 1. The van der Waals surface area contributed by atoms with E-state index in [0.29, 0.717) is 22.4 Å². The molecular weight excluding hydrogens is 575 g/mol. The van der Waals surface area contributed by atoms with E-state index in [1.54, 1.807) is 67.6 Å². The lowest BCUT2D eigenvalue weighted by molar-refractivity contribution is -0.192. The average Bonchev–Trinajstić information content (AvgIpc) is 2.92. The van der Waals surface area contributed by atoms with Crippen LogP contribution < -0.4 is 11.1 Å². The highest BCUT2D eigenvalue weighted by atomic mass is 32.2. The lowest BCUT2D eigenvalue weighted by Crippen LogP contribution is -2.48. The van der Waals surface area contributed by atoms with E-state index in [9.17, 15) is 31.6 Å². The third kappa shape index (κ3) is 9.43. The summed E-state index contributed by atoms with van der Waals surface area (Å²) in [7, 11) is -3.67. The molecule has 3 aromatic rings. The van der Waals surface area contributed by atoms with Crippen molar-refractivity contribution in [2.75, 3.05) is 18.1 Å². The van der Waals surface area contributed by atoms with E-state index < -0.39 is 34.1 Å². The first kappa shape index (κ1) is 33.5. The summed E-state index contributed by atoms with van der Waals surface area (Å²) in [6.45, 7) is 1.79. The summed E-state index contributed by atoms with van der Waals surface area (Å²) in [4.78, 5) is 22.2. The molecule has 1 atom stereocenters. The zero-order valence-corrected chi connectivity index (χ0v) is 23.3. The number of hydrogen-bond donors (Lipinski definition) is 4. The van der Waals surface area contributed by atoms with Crippen LogP contribution in [0, 0.1) is 16.7 Å². The number of amides is 1. The fourth-order valence-electron chi connectivity index (χ4n) is 3.89. The minimum absolute atomic E-state index is 0.110. The summed E-state index contributed by atoms with van der Waals surface area (Å²) in [5, 5.41) is 26.9. The predicted octanol–water partition coefficient (Wildman–Crippen LogP) is 3.97. The number of rotatable bonds is 9. The highest BCUT2D eigenvalue weighted by Crippen LogP contribution is 2.25. The second-order valence-electron chi connectivity index (χ2n) is 8.83. The fraction of sp³-hybridized carbons (Fsp3) is 0.214. The van der Waals surface area contributed by atoms with Crippen LogP contribution >= 0.6 is 0 Å². The van der Waals surface area contributed by atoms with E-state index in [0.717, 1.165) is 21.7 Å². The number of halogens is 3. The van der Waals surface area contributed by atoms with Gasteiger partial charge >= 0.3 is 12.1 Å². The number of hydrogen-bond acceptors (Lipinski definition) is 6. The SMILES string of the molecule is CCN([C@@H](Cc1cccc(C(=N)N)c1)C(=O)Nc1ccc(-c2ccccc2C#N)cc1)S(C)(=O)=O.O=C(O)C(F)(F)F. The number of carbonyl (C=O) groups excluding carboxylic acids is 1. The van der Waals surface area contributed by atoms with Crippen LogP contribution in [0.3, 0.4) is 0 Å². The molecule has 0 spiro atoms. The van der Waals surface area contributed by atoms with Crippen molar-refractivity contribution in [2.45, 2.75) is 25.6 Å². The number of carboxylic acid groups (broad SMARTS) is 1. The highest BCUT2D eigenvalue weighted by molar-refractivity contribution is 7.88. The molecule has 0 saturated carbocycles. The lowest BCUT2D eigenvalue weighted by Gasteiger charge is -2.28. The van der Waals surface area contributed by atoms with Crippen LogP contribution in [0.25, 0.3) is 11.1 Å². The van der Waals surface area contributed by atoms with Crippen molar-refractivity contribution in [1.29, 1.82) is 10.7 Å². The Balaban J connectivity index is 0.000000782. The standard InChI is InChI=1S/C26H27N5O3S.C2HF3O2/c1-3-31(35(2,33)34)24(16-18-7-6-9-20(15-18)25(28)29)26(32)30-22-13-11-19(12-14-22)23-10-5-4-8-21(23)17-27;3-2(4,5)1(6)7/h4-15,24H,3,16H2,1-2H3,(H3,28,29)(H,30,32);(H,6,7)/t24-;/m0./s1. The second kappa shape index (κ2) is 14.2. The van der Waals surface area contributed by atoms with Gasteiger partial charge in [-0.15, -0.1) is 0 Å². The first-order valence-electron chi connectivity index (χ1n) is 12.2.